The molecule has 0 unspecified atom stereocenters. The fourth-order valence-corrected chi connectivity index (χ4v) is 2.12. The van der Waals surface area contributed by atoms with Gasteiger partial charge in [0.25, 0.3) is 5.91 Å². The number of methoxy groups -OCH3 is 1. The number of imidazole rings is 1. The van der Waals surface area contributed by atoms with Crippen molar-refractivity contribution in [1.82, 2.24) is 9.55 Å². The number of rotatable bonds is 6. The van der Waals surface area contributed by atoms with Crippen molar-refractivity contribution in [2.75, 3.05) is 19.0 Å². The van der Waals surface area contributed by atoms with E-state index in [0.29, 0.717) is 23.6 Å². The van der Waals surface area contributed by atoms with Crippen molar-refractivity contribution < 1.29 is 14.3 Å². The van der Waals surface area contributed by atoms with E-state index in [1.54, 1.807) is 18.2 Å². The molecule has 0 spiro atoms. The number of amides is 2. The first-order chi connectivity index (χ1) is 10.1. The summed E-state index contributed by atoms with van der Waals surface area (Å²) < 4.78 is 6.69. The molecule has 1 aromatic heterocycles. The number of nitrogens with two attached hydrogens (primary N) is 1. The molecular weight excluding hydrogens is 272 g/mol. The predicted octanol–water partition coefficient (Wildman–Crippen LogP) is 1.13. The van der Waals surface area contributed by atoms with Crippen LogP contribution in [0.25, 0.3) is 11.0 Å². The average Bonchev–Trinajstić information content (AvgIpc) is 2.76. The van der Waals surface area contributed by atoms with Crippen LogP contribution in [0.2, 0.25) is 0 Å². The minimum absolute atomic E-state index is 0.0398. The Bertz CT molecular complexity index is 678. The lowest BCUT2D eigenvalue weighted by atomic mass is 10.2. The number of hydrogen-bond donors (Lipinski definition) is 2. The van der Waals surface area contributed by atoms with Crippen molar-refractivity contribution in [3.8, 4) is 0 Å². The van der Waals surface area contributed by atoms with Gasteiger partial charge in [0.05, 0.1) is 11.0 Å². The number of aromatic nitrogens is 2. The number of fused-ring (bicyclic) bond motifs is 1. The van der Waals surface area contributed by atoms with E-state index in [0.717, 1.165) is 11.9 Å². The minimum atomic E-state index is -0.507. The number of benzene rings is 1. The predicted molar refractivity (Wildman–Crippen MR) is 79.0 cm³/mol. The normalized spacial score (nSPS) is 10.8. The van der Waals surface area contributed by atoms with Crippen LogP contribution < -0.4 is 11.1 Å². The molecule has 0 saturated carbocycles. The van der Waals surface area contributed by atoms with Crippen molar-refractivity contribution in [3.63, 3.8) is 0 Å². The van der Waals surface area contributed by atoms with Gasteiger partial charge in [-0.1, -0.05) is 6.92 Å². The Balaban J connectivity index is 2.45. The number of ether oxygens (including phenoxy) is 1. The summed E-state index contributed by atoms with van der Waals surface area (Å²) in [4.78, 5) is 27.2. The number of hydrogen-bond acceptors (Lipinski definition) is 4. The lowest BCUT2D eigenvalue weighted by molar-refractivity contribution is -0.119. The van der Waals surface area contributed by atoms with E-state index in [2.05, 4.69) is 10.3 Å². The second-order valence-electron chi connectivity index (χ2n) is 4.64. The Hall–Kier alpha value is -2.41. The third-order valence-corrected chi connectivity index (χ3v) is 3.01. The number of carbonyl (C=O) groups excluding carboxylic acids is 2. The topological polar surface area (TPSA) is 99.2 Å². The first-order valence-corrected chi connectivity index (χ1v) is 6.65. The standard InChI is InChI=1S/C14H18N4O3/c1-3-6-18-11-5-4-9(13(15)20)7-10(11)16-14(18)17-12(19)8-21-2/h4-5,7H,3,6,8H2,1-2H3,(H2,15,20)(H,16,17,19). The molecule has 1 aromatic carbocycles. The maximum atomic E-state index is 11.7. The van der Waals surface area contributed by atoms with E-state index in [4.69, 9.17) is 10.5 Å². The largest absolute Gasteiger partial charge is 0.375 e. The number of anilines is 1. The quantitative estimate of drug-likeness (QED) is 0.833. The Morgan fingerprint density at radius 2 is 2.19 bits per heavy atom. The molecule has 7 heteroatoms. The zero-order valence-corrected chi connectivity index (χ0v) is 12.0. The van der Waals surface area contributed by atoms with Crippen LogP contribution in [-0.2, 0) is 16.1 Å². The van der Waals surface area contributed by atoms with Gasteiger partial charge in [0, 0.05) is 19.2 Å². The van der Waals surface area contributed by atoms with Crippen LogP contribution in [-0.4, -0.2) is 35.1 Å². The second kappa shape index (κ2) is 6.36. The average molecular weight is 290 g/mol. The van der Waals surface area contributed by atoms with Gasteiger partial charge in [0.2, 0.25) is 11.9 Å². The SMILES string of the molecule is CCCn1c(NC(=O)COC)nc2cc(C(N)=O)ccc21. The fourth-order valence-electron chi connectivity index (χ4n) is 2.12. The van der Waals surface area contributed by atoms with Crippen molar-refractivity contribution in [2.24, 2.45) is 5.73 Å². The zero-order valence-electron chi connectivity index (χ0n) is 12.0. The number of primary amides is 1. The van der Waals surface area contributed by atoms with Crippen molar-refractivity contribution in [2.45, 2.75) is 19.9 Å². The summed E-state index contributed by atoms with van der Waals surface area (Å²) in [5.41, 5.74) is 7.12. The summed E-state index contributed by atoms with van der Waals surface area (Å²) in [7, 11) is 1.45. The lowest BCUT2D eigenvalue weighted by Gasteiger charge is -2.08. The zero-order chi connectivity index (χ0) is 15.4. The third-order valence-electron chi connectivity index (χ3n) is 3.01. The molecule has 7 nitrogen and oxygen atoms in total. The number of nitrogens with one attached hydrogen (secondary N) is 1. The van der Waals surface area contributed by atoms with Gasteiger partial charge in [0.1, 0.15) is 6.61 Å². The summed E-state index contributed by atoms with van der Waals surface area (Å²) in [6.07, 6.45) is 0.885. The summed E-state index contributed by atoms with van der Waals surface area (Å²) in [5.74, 6) is -0.345. The molecule has 0 aliphatic rings. The molecule has 3 N–H and O–H groups in total. The van der Waals surface area contributed by atoms with Crippen molar-refractivity contribution >= 4 is 28.8 Å². The Morgan fingerprint density at radius 3 is 2.81 bits per heavy atom. The van der Waals surface area contributed by atoms with Crippen LogP contribution in [0.4, 0.5) is 5.95 Å². The van der Waals surface area contributed by atoms with Gasteiger partial charge in [-0.05, 0) is 24.6 Å². The molecule has 2 amide bonds. The van der Waals surface area contributed by atoms with Gasteiger partial charge in [0.15, 0.2) is 0 Å². The minimum Gasteiger partial charge on any atom is -0.375 e. The highest BCUT2D eigenvalue weighted by Gasteiger charge is 2.14. The molecule has 0 bridgehead atoms. The van der Waals surface area contributed by atoms with E-state index in [1.165, 1.54) is 7.11 Å². The molecule has 0 aliphatic heterocycles. The molecule has 21 heavy (non-hydrogen) atoms. The smallest absolute Gasteiger partial charge is 0.252 e. The molecular formula is C14H18N4O3. The van der Waals surface area contributed by atoms with Gasteiger partial charge in [-0.25, -0.2) is 4.98 Å². The molecule has 0 radical (unpaired) electrons. The van der Waals surface area contributed by atoms with Crippen molar-refractivity contribution in [3.05, 3.63) is 23.8 Å². The highest BCUT2D eigenvalue weighted by atomic mass is 16.5. The van der Waals surface area contributed by atoms with Gasteiger partial charge in [-0.2, -0.15) is 0 Å². The second-order valence-corrected chi connectivity index (χ2v) is 4.64. The van der Waals surface area contributed by atoms with Crippen molar-refractivity contribution in [1.29, 1.82) is 0 Å². The van der Waals surface area contributed by atoms with Crippen LogP contribution >= 0.6 is 0 Å². The highest BCUT2D eigenvalue weighted by molar-refractivity contribution is 5.97. The van der Waals surface area contributed by atoms with Crippen LogP contribution in [0.15, 0.2) is 18.2 Å². The molecule has 0 aliphatic carbocycles. The summed E-state index contributed by atoms with van der Waals surface area (Å²) in [6.45, 7) is 2.70. The first-order valence-electron chi connectivity index (χ1n) is 6.65. The molecule has 1 heterocycles. The summed E-state index contributed by atoms with van der Waals surface area (Å²) >= 11 is 0. The van der Waals surface area contributed by atoms with Gasteiger partial charge >= 0.3 is 0 Å². The number of nitrogens with zero attached hydrogens (tertiary/aromatic N) is 2. The van der Waals surface area contributed by atoms with Crippen LogP contribution in [0.1, 0.15) is 23.7 Å². The Labute approximate surface area is 122 Å². The molecule has 2 rings (SSSR count). The van der Waals surface area contributed by atoms with E-state index in [1.807, 2.05) is 11.5 Å². The van der Waals surface area contributed by atoms with Gasteiger partial charge in [-0.3, -0.25) is 14.9 Å². The van der Waals surface area contributed by atoms with E-state index >= 15 is 0 Å². The first kappa shape index (κ1) is 15.0. The molecule has 0 atom stereocenters. The summed E-state index contributed by atoms with van der Waals surface area (Å²) in [5, 5.41) is 2.71. The number of carbonyl (C=O) groups is 2. The monoisotopic (exact) mass is 290 g/mol. The highest BCUT2D eigenvalue weighted by Crippen LogP contribution is 2.21. The molecule has 0 fully saturated rings. The van der Waals surface area contributed by atoms with Gasteiger partial charge < -0.3 is 15.0 Å². The molecule has 2 aromatic rings. The maximum Gasteiger partial charge on any atom is 0.252 e. The Kier molecular flexibility index (Phi) is 4.54. The molecule has 0 saturated heterocycles. The number of aryl methyl sites for hydroxylation is 1. The van der Waals surface area contributed by atoms with Crippen LogP contribution in [0, 0.1) is 0 Å². The van der Waals surface area contributed by atoms with E-state index in [9.17, 15) is 9.59 Å². The van der Waals surface area contributed by atoms with E-state index in [-0.39, 0.29) is 12.5 Å². The van der Waals surface area contributed by atoms with Crippen LogP contribution in [0.5, 0.6) is 0 Å². The lowest BCUT2D eigenvalue weighted by Crippen LogP contribution is -2.20. The third kappa shape index (κ3) is 3.19. The summed E-state index contributed by atoms with van der Waals surface area (Å²) in [6, 6.07) is 5.05. The maximum absolute atomic E-state index is 11.7. The van der Waals surface area contributed by atoms with Crippen LogP contribution in [0.3, 0.4) is 0 Å². The fraction of sp³-hybridized carbons (Fsp3) is 0.357. The molecule has 112 valence electrons. The Morgan fingerprint density at radius 1 is 1.43 bits per heavy atom. The van der Waals surface area contributed by atoms with Gasteiger partial charge in [-0.15, -0.1) is 0 Å². The van der Waals surface area contributed by atoms with E-state index < -0.39 is 5.91 Å².